The number of rotatable bonds is 7. The molecule has 3 fully saturated rings. The third-order valence-corrected chi connectivity index (χ3v) is 7.62. The molecule has 0 atom stereocenters. The third kappa shape index (κ3) is 6.01. The predicted octanol–water partition coefficient (Wildman–Crippen LogP) is 4.38. The van der Waals surface area contributed by atoms with Crippen molar-refractivity contribution in [2.75, 3.05) is 56.6 Å². The Balaban J connectivity index is 1.27. The fourth-order valence-electron chi connectivity index (χ4n) is 5.22. The SMILES string of the molecule is COc1ccc(CN2CCN(C(=O)c3ccc(NC(=O)C4CC4)cc3N3CCCCCC3)CC2)cc1. The zero-order valence-electron chi connectivity index (χ0n) is 21.4. The highest BCUT2D eigenvalue weighted by Crippen LogP contribution is 2.32. The molecule has 2 amide bonds. The van der Waals surface area contributed by atoms with Crippen LogP contribution >= 0.6 is 0 Å². The number of hydrogen-bond donors (Lipinski definition) is 1. The van der Waals surface area contributed by atoms with E-state index in [1.807, 2.05) is 35.2 Å². The van der Waals surface area contributed by atoms with Crippen LogP contribution in [0.5, 0.6) is 5.75 Å². The van der Waals surface area contributed by atoms with Gasteiger partial charge in [-0.1, -0.05) is 25.0 Å². The molecule has 1 N–H and O–H groups in total. The summed E-state index contributed by atoms with van der Waals surface area (Å²) in [6.07, 6.45) is 6.69. The van der Waals surface area contributed by atoms with E-state index in [1.54, 1.807) is 7.11 Å². The molecule has 2 aromatic rings. The van der Waals surface area contributed by atoms with Gasteiger partial charge in [0.15, 0.2) is 0 Å². The second-order valence-electron chi connectivity index (χ2n) is 10.3. The fourth-order valence-corrected chi connectivity index (χ4v) is 5.22. The highest BCUT2D eigenvalue weighted by Gasteiger charge is 2.30. The van der Waals surface area contributed by atoms with Gasteiger partial charge >= 0.3 is 0 Å². The summed E-state index contributed by atoms with van der Waals surface area (Å²) in [7, 11) is 1.68. The lowest BCUT2D eigenvalue weighted by Crippen LogP contribution is -2.48. The van der Waals surface area contributed by atoms with Gasteiger partial charge in [-0.3, -0.25) is 14.5 Å². The van der Waals surface area contributed by atoms with Crippen LogP contribution in [0.3, 0.4) is 0 Å². The number of carbonyl (C=O) groups excluding carboxylic acids is 2. The molecule has 36 heavy (non-hydrogen) atoms. The molecule has 0 radical (unpaired) electrons. The van der Waals surface area contributed by atoms with Gasteiger partial charge < -0.3 is 19.9 Å². The van der Waals surface area contributed by atoms with Crippen molar-refractivity contribution in [2.45, 2.75) is 45.1 Å². The van der Waals surface area contributed by atoms with E-state index < -0.39 is 0 Å². The number of amides is 2. The number of nitrogens with zero attached hydrogens (tertiary/aromatic N) is 3. The second-order valence-corrected chi connectivity index (χ2v) is 10.3. The molecule has 7 heteroatoms. The summed E-state index contributed by atoms with van der Waals surface area (Å²) >= 11 is 0. The Bertz CT molecular complexity index is 1050. The summed E-state index contributed by atoms with van der Waals surface area (Å²) in [5, 5.41) is 3.08. The molecule has 0 bridgehead atoms. The normalized spacial score (nSPS) is 19.0. The maximum atomic E-state index is 13.7. The first-order valence-corrected chi connectivity index (χ1v) is 13.4. The lowest BCUT2D eigenvalue weighted by atomic mass is 10.1. The minimum atomic E-state index is 0.0958. The lowest BCUT2D eigenvalue weighted by molar-refractivity contribution is -0.117. The molecule has 0 unspecified atom stereocenters. The molecule has 2 saturated heterocycles. The van der Waals surface area contributed by atoms with E-state index >= 15 is 0 Å². The van der Waals surface area contributed by atoms with Crippen LogP contribution in [0.25, 0.3) is 0 Å². The molecular formula is C29H38N4O3. The average Bonchev–Trinajstić information content (AvgIpc) is 3.77. The summed E-state index contributed by atoms with van der Waals surface area (Å²) in [4.78, 5) is 32.8. The molecule has 2 aliphatic heterocycles. The predicted molar refractivity (Wildman–Crippen MR) is 143 cm³/mol. The molecule has 0 spiro atoms. The van der Waals surface area contributed by atoms with E-state index in [1.165, 1.54) is 18.4 Å². The number of hydrogen-bond acceptors (Lipinski definition) is 5. The molecule has 7 nitrogen and oxygen atoms in total. The highest BCUT2D eigenvalue weighted by molar-refractivity contribution is 6.02. The van der Waals surface area contributed by atoms with Crippen LogP contribution in [0.15, 0.2) is 42.5 Å². The average molecular weight is 491 g/mol. The molecule has 2 heterocycles. The summed E-state index contributed by atoms with van der Waals surface area (Å²) in [5.41, 5.74) is 3.77. The Kier molecular flexibility index (Phi) is 7.75. The van der Waals surface area contributed by atoms with Crippen molar-refractivity contribution in [1.82, 2.24) is 9.80 Å². The number of piperazine rings is 1. The van der Waals surface area contributed by atoms with Gasteiger partial charge in [0.2, 0.25) is 5.91 Å². The van der Waals surface area contributed by atoms with Crippen molar-refractivity contribution in [3.8, 4) is 5.75 Å². The van der Waals surface area contributed by atoms with E-state index in [0.29, 0.717) is 13.1 Å². The summed E-state index contributed by atoms with van der Waals surface area (Å²) < 4.78 is 5.26. The van der Waals surface area contributed by atoms with E-state index in [2.05, 4.69) is 27.2 Å². The van der Waals surface area contributed by atoms with Crippen LogP contribution < -0.4 is 15.0 Å². The van der Waals surface area contributed by atoms with Gasteiger partial charge in [0.25, 0.3) is 5.91 Å². The Morgan fingerprint density at radius 1 is 0.889 bits per heavy atom. The zero-order valence-corrected chi connectivity index (χ0v) is 21.4. The summed E-state index contributed by atoms with van der Waals surface area (Å²) in [6, 6.07) is 14.1. The smallest absolute Gasteiger partial charge is 0.256 e. The molecule has 3 aliphatic rings. The van der Waals surface area contributed by atoms with E-state index in [9.17, 15) is 9.59 Å². The number of ether oxygens (including phenoxy) is 1. The molecular weight excluding hydrogens is 452 g/mol. The van der Waals surface area contributed by atoms with Gasteiger partial charge in [0.1, 0.15) is 5.75 Å². The fraction of sp³-hybridized carbons (Fsp3) is 0.517. The maximum Gasteiger partial charge on any atom is 0.256 e. The van der Waals surface area contributed by atoms with E-state index in [4.69, 9.17) is 4.74 Å². The van der Waals surface area contributed by atoms with Crippen LogP contribution in [0.2, 0.25) is 0 Å². The van der Waals surface area contributed by atoms with Gasteiger partial charge in [0, 0.05) is 57.4 Å². The first-order valence-electron chi connectivity index (χ1n) is 13.4. The Morgan fingerprint density at radius 3 is 2.22 bits per heavy atom. The number of nitrogens with one attached hydrogen (secondary N) is 1. The van der Waals surface area contributed by atoms with Crippen molar-refractivity contribution < 1.29 is 14.3 Å². The minimum Gasteiger partial charge on any atom is -0.497 e. The van der Waals surface area contributed by atoms with E-state index in [0.717, 1.165) is 81.1 Å². The van der Waals surface area contributed by atoms with Crippen LogP contribution in [-0.4, -0.2) is 68.0 Å². The Labute approximate surface area is 214 Å². The quantitative estimate of drug-likeness (QED) is 0.624. The number of carbonyl (C=O) groups is 2. The first kappa shape index (κ1) is 24.6. The lowest BCUT2D eigenvalue weighted by Gasteiger charge is -2.36. The Hall–Kier alpha value is -3.06. The molecule has 0 aromatic heterocycles. The van der Waals surface area contributed by atoms with Gasteiger partial charge in [-0.15, -0.1) is 0 Å². The van der Waals surface area contributed by atoms with Gasteiger partial charge in [0.05, 0.1) is 18.4 Å². The summed E-state index contributed by atoms with van der Waals surface area (Å²) in [5.74, 6) is 1.22. The van der Waals surface area contributed by atoms with Crippen LogP contribution in [0.1, 0.15) is 54.4 Å². The summed E-state index contributed by atoms with van der Waals surface area (Å²) in [6.45, 7) is 5.92. The largest absolute Gasteiger partial charge is 0.497 e. The van der Waals surface area contributed by atoms with E-state index in [-0.39, 0.29) is 17.7 Å². The molecule has 1 saturated carbocycles. The van der Waals surface area contributed by atoms with Gasteiger partial charge in [-0.25, -0.2) is 0 Å². The van der Waals surface area contributed by atoms with Crippen molar-refractivity contribution in [3.63, 3.8) is 0 Å². The van der Waals surface area contributed by atoms with Crippen molar-refractivity contribution in [2.24, 2.45) is 5.92 Å². The number of methoxy groups -OCH3 is 1. The molecule has 5 rings (SSSR count). The topological polar surface area (TPSA) is 65.1 Å². The monoisotopic (exact) mass is 490 g/mol. The van der Waals surface area contributed by atoms with Crippen molar-refractivity contribution in [1.29, 1.82) is 0 Å². The molecule has 2 aromatic carbocycles. The minimum absolute atomic E-state index is 0.0958. The maximum absolute atomic E-state index is 13.7. The van der Waals surface area contributed by atoms with Crippen molar-refractivity contribution >= 4 is 23.2 Å². The standard InChI is InChI=1S/C29H38N4O3/c1-36-25-11-6-22(7-12-25)21-31-16-18-33(19-17-31)29(35)26-13-10-24(30-28(34)23-8-9-23)20-27(26)32-14-4-2-3-5-15-32/h6-7,10-13,20,23H,2-5,8-9,14-19,21H2,1H3,(H,30,34). The van der Waals surface area contributed by atoms with Gasteiger partial charge in [-0.05, 0) is 61.6 Å². The van der Waals surface area contributed by atoms with Crippen molar-refractivity contribution in [3.05, 3.63) is 53.6 Å². The van der Waals surface area contributed by atoms with Crippen LogP contribution in [0.4, 0.5) is 11.4 Å². The van der Waals surface area contributed by atoms with Crippen LogP contribution in [0, 0.1) is 5.92 Å². The third-order valence-electron chi connectivity index (χ3n) is 7.62. The van der Waals surface area contributed by atoms with Gasteiger partial charge in [-0.2, -0.15) is 0 Å². The first-order chi connectivity index (χ1) is 17.6. The molecule has 192 valence electrons. The second kappa shape index (κ2) is 11.3. The molecule has 1 aliphatic carbocycles. The van der Waals surface area contributed by atoms with Crippen LogP contribution in [-0.2, 0) is 11.3 Å². The zero-order chi connectivity index (χ0) is 24.9. The number of anilines is 2. The Morgan fingerprint density at radius 2 is 1.58 bits per heavy atom. The number of benzene rings is 2. The highest BCUT2D eigenvalue weighted by atomic mass is 16.5.